The lowest BCUT2D eigenvalue weighted by Crippen LogP contribution is -2.43. The van der Waals surface area contributed by atoms with Crippen molar-refractivity contribution < 1.29 is 32.2 Å². The Balaban J connectivity index is 0.00000224. The third-order valence-electron chi connectivity index (χ3n) is 11.7. The van der Waals surface area contributed by atoms with E-state index in [1.165, 1.54) is 23.1 Å². The second-order valence-corrected chi connectivity index (χ2v) is 15.2. The number of halogens is 4. The Bertz CT molecular complexity index is 2540. The maximum absolute atomic E-state index is 16.1. The first-order chi connectivity index (χ1) is 27.5. The number of amides is 1. The van der Waals surface area contributed by atoms with Gasteiger partial charge in [0, 0.05) is 69.2 Å². The number of aryl methyl sites for hydroxylation is 3. The number of pyridine rings is 1. The van der Waals surface area contributed by atoms with Crippen LogP contribution in [-0.4, -0.2) is 109 Å². The summed E-state index contributed by atoms with van der Waals surface area (Å²) < 4.78 is 71.4. The standard InChI is InChI=1S/C40H41F4N9O2.CH4O/c1-5-24-27(42)10-8-25-28(43)11-9-26(31(24)25)36-22(2)34-32(29-12-14-45-53(29)36)37(47-39(46-34)55-21-40-13-6-16-51(40)19-23(41)18-40)50-15-7-17-52-30(20-50)33(44)35(48-52)38(54)49(3)4;1-2/h8-12,14,23H,5-7,13,15-21H2,1-4H3;2H,1H3. The molecule has 2 atom stereocenters. The number of carbonyl (C=O) groups excluding carboxylic acids is 1. The summed E-state index contributed by atoms with van der Waals surface area (Å²) >= 11 is 0. The lowest BCUT2D eigenvalue weighted by molar-refractivity contribution is 0.0816. The lowest BCUT2D eigenvalue weighted by Gasteiger charge is -2.31. The summed E-state index contributed by atoms with van der Waals surface area (Å²) in [5.41, 5.74) is 2.92. The van der Waals surface area contributed by atoms with Crippen molar-refractivity contribution in [3.8, 4) is 17.3 Å². The number of benzene rings is 2. The Hall–Kier alpha value is -5.35. The normalized spacial score (nSPS) is 19.5. The van der Waals surface area contributed by atoms with Gasteiger partial charge in [0.05, 0.1) is 46.1 Å². The lowest BCUT2D eigenvalue weighted by atomic mass is 9.93. The highest BCUT2D eigenvalue weighted by Crippen LogP contribution is 2.43. The van der Waals surface area contributed by atoms with Gasteiger partial charge in [-0.05, 0) is 75.0 Å². The van der Waals surface area contributed by atoms with E-state index in [4.69, 9.17) is 24.9 Å². The predicted octanol–water partition coefficient (Wildman–Crippen LogP) is 6.26. The van der Waals surface area contributed by atoms with Crippen LogP contribution in [-0.2, 0) is 19.5 Å². The minimum Gasteiger partial charge on any atom is -0.461 e. The van der Waals surface area contributed by atoms with E-state index in [1.807, 2.05) is 24.8 Å². The average Bonchev–Trinajstić information content (AvgIpc) is 3.94. The molecule has 0 aliphatic carbocycles. The summed E-state index contributed by atoms with van der Waals surface area (Å²) in [4.78, 5) is 28.3. The van der Waals surface area contributed by atoms with Crippen molar-refractivity contribution in [3.63, 3.8) is 0 Å². The van der Waals surface area contributed by atoms with Crippen LogP contribution >= 0.6 is 0 Å². The molecule has 4 aromatic heterocycles. The Morgan fingerprint density at radius 2 is 1.81 bits per heavy atom. The molecular weight excluding hydrogens is 743 g/mol. The number of aliphatic hydroxyl groups is 1. The van der Waals surface area contributed by atoms with Gasteiger partial charge in [-0.25, -0.2) is 22.1 Å². The number of rotatable bonds is 7. The molecule has 16 heteroatoms. The van der Waals surface area contributed by atoms with Crippen molar-refractivity contribution in [2.24, 2.45) is 0 Å². The predicted molar refractivity (Wildman–Crippen MR) is 208 cm³/mol. The quantitative estimate of drug-likeness (QED) is 0.187. The van der Waals surface area contributed by atoms with Gasteiger partial charge in [0.25, 0.3) is 5.91 Å². The summed E-state index contributed by atoms with van der Waals surface area (Å²) in [5.74, 6) is -1.63. The number of aromatic nitrogens is 6. The highest BCUT2D eigenvalue weighted by Gasteiger charge is 2.49. The average molecular weight is 788 g/mol. The number of fused-ring (bicyclic) bond motifs is 6. The first-order valence-electron chi connectivity index (χ1n) is 19.3. The maximum atomic E-state index is 16.1. The van der Waals surface area contributed by atoms with Gasteiger partial charge in [-0.3, -0.25) is 14.4 Å². The molecule has 3 aliphatic heterocycles. The highest BCUT2D eigenvalue weighted by atomic mass is 19.1. The van der Waals surface area contributed by atoms with Gasteiger partial charge >= 0.3 is 6.01 Å². The zero-order chi connectivity index (χ0) is 40.3. The van der Waals surface area contributed by atoms with Crippen molar-refractivity contribution in [2.45, 2.75) is 70.8 Å². The number of hydrogen-bond donors (Lipinski definition) is 1. The van der Waals surface area contributed by atoms with Crippen molar-refractivity contribution in [1.82, 2.24) is 39.2 Å². The molecule has 0 saturated carbocycles. The van der Waals surface area contributed by atoms with Gasteiger partial charge in [-0.2, -0.15) is 20.2 Å². The summed E-state index contributed by atoms with van der Waals surface area (Å²) in [5, 5.41) is 17.5. The van der Waals surface area contributed by atoms with E-state index in [2.05, 4.69) is 10.00 Å². The van der Waals surface area contributed by atoms with Gasteiger partial charge in [-0.15, -0.1) is 0 Å². The van der Waals surface area contributed by atoms with Crippen molar-refractivity contribution in [3.05, 3.63) is 76.5 Å². The number of carbonyl (C=O) groups is 1. The molecule has 3 aliphatic rings. The third-order valence-corrected chi connectivity index (χ3v) is 11.7. The van der Waals surface area contributed by atoms with Gasteiger partial charge in [-0.1, -0.05) is 6.92 Å². The Labute approximate surface area is 326 Å². The third kappa shape index (κ3) is 6.24. The fourth-order valence-electron chi connectivity index (χ4n) is 9.15. The van der Waals surface area contributed by atoms with Crippen molar-refractivity contribution in [2.75, 3.05) is 52.3 Å². The van der Waals surface area contributed by atoms with Gasteiger partial charge in [0.2, 0.25) is 0 Å². The van der Waals surface area contributed by atoms with E-state index in [0.717, 1.165) is 26.5 Å². The highest BCUT2D eigenvalue weighted by molar-refractivity contribution is 6.08. The molecule has 2 saturated heterocycles. The fourth-order valence-corrected chi connectivity index (χ4v) is 9.15. The van der Waals surface area contributed by atoms with Crippen LogP contribution in [0.3, 0.4) is 0 Å². The molecule has 12 nitrogen and oxygen atoms in total. The molecule has 0 spiro atoms. The van der Waals surface area contributed by atoms with E-state index in [1.54, 1.807) is 35.6 Å². The number of ether oxygens (including phenoxy) is 1. The first-order valence-corrected chi connectivity index (χ1v) is 19.3. The molecule has 2 fully saturated rings. The summed E-state index contributed by atoms with van der Waals surface area (Å²) in [7, 11) is 4.11. The number of hydrogen-bond acceptors (Lipinski definition) is 9. The van der Waals surface area contributed by atoms with Gasteiger partial charge in [0.1, 0.15) is 30.2 Å². The summed E-state index contributed by atoms with van der Waals surface area (Å²) in [6, 6.07) is 7.70. The molecule has 2 aromatic carbocycles. The first kappa shape index (κ1) is 38.5. The van der Waals surface area contributed by atoms with E-state index in [9.17, 15) is 9.18 Å². The molecule has 1 amide bonds. The number of alkyl halides is 1. The minimum atomic E-state index is -0.943. The topological polar surface area (TPSA) is 117 Å². The molecule has 57 heavy (non-hydrogen) atoms. The molecule has 6 aromatic rings. The Morgan fingerprint density at radius 1 is 1.02 bits per heavy atom. The SMILES string of the molecule is CCc1c(F)ccc2c(F)ccc(-c3c(C)c4nc(OCC56CCCN5CC(F)C6)nc(N5CCCn6nc(C(=O)N(C)C)c(F)c6C5)c4c4ccnn34)c12.CO. The summed E-state index contributed by atoms with van der Waals surface area (Å²) in [6.07, 6.45) is 3.72. The smallest absolute Gasteiger partial charge is 0.319 e. The van der Waals surface area contributed by atoms with E-state index < -0.39 is 35.1 Å². The Morgan fingerprint density at radius 3 is 2.58 bits per heavy atom. The largest absolute Gasteiger partial charge is 0.461 e. The van der Waals surface area contributed by atoms with Crippen LogP contribution < -0.4 is 9.64 Å². The van der Waals surface area contributed by atoms with Crippen molar-refractivity contribution in [1.29, 1.82) is 0 Å². The van der Waals surface area contributed by atoms with Crippen LogP contribution in [0.4, 0.5) is 23.4 Å². The molecule has 300 valence electrons. The molecule has 0 radical (unpaired) electrons. The fraction of sp³-hybridized carbons (Fsp3) is 0.439. The van der Waals surface area contributed by atoms with Crippen LogP contribution in [0.15, 0.2) is 36.5 Å². The van der Waals surface area contributed by atoms with Crippen LogP contribution in [0, 0.1) is 24.4 Å². The molecule has 2 unspecified atom stereocenters. The van der Waals surface area contributed by atoms with Crippen LogP contribution in [0.25, 0.3) is 38.4 Å². The number of anilines is 1. The molecule has 9 rings (SSSR count). The van der Waals surface area contributed by atoms with Crippen molar-refractivity contribution >= 4 is 38.9 Å². The number of aliphatic hydroxyl groups excluding tert-OH is 1. The summed E-state index contributed by atoms with van der Waals surface area (Å²) in [6.45, 7) is 5.99. The van der Waals surface area contributed by atoms with Crippen LogP contribution in [0.1, 0.15) is 59.9 Å². The van der Waals surface area contributed by atoms with Gasteiger partial charge < -0.3 is 19.6 Å². The monoisotopic (exact) mass is 787 g/mol. The molecule has 7 heterocycles. The van der Waals surface area contributed by atoms with E-state index in [0.29, 0.717) is 94.3 Å². The molecule has 0 bridgehead atoms. The van der Waals surface area contributed by atoms with E-state index >= 15 is 13.2 Å². The zero-order valence-electron chi connectivity index (χ0n) is 32.6. The second-order valence-electron chi connectivity index (χ2n) is 15.2. The molecular formula is C41H45F4N9O3. The van der Waals surface area contributed by atoms with E-state index in [-0.39, 0.29) is 30.5 Å². The maximum Gasteiger partial charge on any atom is 0.319 e. The second kappa shape index (κ2) is 14.9. The van der Waals surface area contributed by atoms with Gasteiger partial charge in [0.15, 0.2) is 11.5 Å². The Kier molecular flexibility index (Phi) is 10.0. The number of nitrogens with zero attached hydrogens (tertiary/aromatic N) is 9. The minimum absolute atomic E-state index is 0.0508. The van der Waals surface area contributed by atoms with Crippen LogP contribution in [0.5, 0.6) is 6.01 Å². The van der Waals surface area contributed by atoms with Crippen LogP contribution in [0.2, 0.25) is 0 Å². The molecule has 1 N–H and O–H groups in total. The zero-order valence-corrected chi connectivity index (χ0v) is 32.6.